The Labute approximate surface area is 144 Å². The quantitative estimate of drug-likeness (QED) is 0.786. The minimum absolute atomic E-state index is 0.0303. The van der Waals surface area contributed by atoms with E-state index in [2.05, 4.69) is 10.6 Å². The third-order valence-corrected chi connectivity index (χ3v) is 5.73. The van der Waals surface area contributed by atoms with Crippen molar-refractivity contribution in [1.82, 2.24) is 5.32 Å². The molecule has 0 fully saturated rings. The predicted octanol–water partition coefficient (Wildman–Crippen LogP) is 2.30. The van der Waals surface area contributed by atoms with E-state index in [-0.39, 0.29) is 35.4 Å². The maximum atomic E-state index is 11.8. The number of carbonyl (C=O) groups is 2. The molecule has 24 heavy (non-hydrogen) atoms. The van der Waals surface area contributed by atoms with E-state index in [0.717, 1.165) is 0 Å². The van der Waals surface area contributed by atoms with Crippen molar-refractivity contribution in [2.24, 2.45) is 0 Å². The summed E-state index contributed by atoms with van der Waals surface area (Å²) in [6.45, 7) is 1.80. The van der Waals surface area contributed by atoms with Crippen LogP contribution >= 0.6 is 11.3 Å². The number of hydrogen-bond acceptors (Lipinski definition) is 5. The Bertz CT molecular complexity index is 797. The zero-order valence-corrected chi connectivity index (χ0v) is 14.7. The van der Waals surface area contributed by atoms with E-state index in [1.165, 1.54) is 23.5 Å². The van der Waals surface area contributed by atoms with Crippen LogP contribution in [0.25, 0.3) is 0 Å². The first-order valence-electron chi connectivity index (χ1n) is 7.35. The highest BCUT2D eigenvalue weighted by Gasteiger charge is 2.11. The summed E-state index contributed by atoms with van der Waals surface area (Å²) in [6.07, 6.45) is 0.130. The third-order valence-electron chi connectivity index (χ3n) is 3.30. The number of sulfone groups is 1. The van der Waals surface area contributed by atoms with Crippen molar-refractivity contribution in [3.05, 3.63) is 46.7 Å². The van der Waals surface area contributed by atoms with Gasteiger partial charge in [-0.2, -0.15) is 11.3 Å². The molecule has 2 rings (SSSR count). The molecule has 0 spiro atoms. The number of carbonyl (C=O) groups excluding carboxylic acids is 2. The van der Waals surface area contributed by atoms with Gasteiger partial charge in [0.05, 0.1) is 10.6 Å². The summed E-state index contributed by atoms with van der Waals surface area (Å²) in [4.78, 5) is 23.8. The fraction of sp³-hybridized carbons (Fsp3) is 0.250. The van der Waals surface area contributed by atoms with Gasteiger partial charge in [-0.15, -0.1) is 0 Å². The molecular weight excluding hydrogens is 348 g/mol. The van der Waals surface area contributed by atoms with Crippen molar-refractivity contribution in [3.8, 4) is 0 Å². The van der Waals surface area contributed by atoms with Crippen LogP contribution in [0.2, 0.25) is 0 Å². The fourth-order valence-electron chi connectivity index (χ4n) is 1.92. The highest BCUT2D eigenvalue weighted by molar-refractivity contribution is 7.91. The largest absolute Gasteiger partial charge is 0.351 e. The standard InChI is InChI=1S/C16H18N2O4S2/c1-2-24(21,22)14-5-3-13(4-6-14)18-15(19)7-9-17-16(20)12-8-10-23-11-12/h3-6,8,10-11H,2,7,9H2,1H3,(H,17,20)(H,18,19). The lowest BCUT2D eigenvalue weighted by atomic mass is 10.3. The number of nitrogens with one attached hydrogen (secondary N) is 2. The molecule has 1 aromatic heterocycles. The minimum Gasteiger partial charge on any atom is -0.351 e. The summed E-state index contributed by atoms with van der Waals surface area (Å²) in [5, 5.41) is 8.88. The van der Waals surface area contributed by atoms with E-state index in [4.69, 9.17) is 0 Å². The van der Waals surface area contributed by atoms with Gasteiger partial charge in [-0.05, 0) is 35.7 Å². The molecule has 6 nitrogen and oxygen atoms in total. The van der Waals surface area contributed by atoms with Crippen molar-refractivity contribution < 1.29 is 18.0 Å². The summed E-state index contributed by atoms with van der Waals surface area (Å²) in [6, 6.07) is 7.74. The van der Waals surface area contributed by atoms with Crippen LogP contribution in [0.1, 0.15) is 23.7 Å². The first kappa shape index (κ1) is 18.2. The molecule has 2 aromatic rings. The zero-order chi connectivity index (χ0) is 17.6. The van der Waals surface area contributed by atoms with Gasteiger partial charge in [0.1, 0.15) is 0 Å². The Balaban J connectivity index is 1.81. The Kier molecular flexibility index (Phi) is 6.10. The molecule has 0 atom stereocenters. The van der Waals surface area contributed by atoms with Crippen LogP contribution in [0.4, 0.5) is 5.69 Å². The van der Waals surface area contributed by atoms with Crippen LogP contribution in [-0.2, 0) is 14.6 Å². The molecule has 8 heteroatoms. The van der Waals surface area contributed by atoms with E-state index in [0.29, 0.717) is 11.3 Å². The van der Waals surface area contributed by atoms with E-state index < -0.39 is 9.84 Å². The number of benzene rings is 1. The Morgan fingerprint density at radius 2 is 1.83 bits per heavy atom. The van der Waals surface area contributed by atoms with E-state index >= 15 is 0 Å². The van der Waals surface area contributed by atoms with Crippen LogP contribution in [0.5, 0.6) is 0 Å². The molecule has 0 unspecified atom stereocenters. The Morgan fingerprint density at radius 1 is 1.12 bits per heavy atom. The van der Waals surface area contributed by atoms with E-state index in [1.54, 1.807) is 30.5 Å². The highest BCUT2D eigenvalue weighted by Crippen LogP contribution is 2.15. The first-order valence-corrected chi connectivity index (χ1v) is 9.95. The third kappa shape index (κ3) is 4.90. The van der Waals surface area contributed by atoms with Crippen molar-refractivity contribution in [2.75, 3.05) is 17.6 Å². The molecule has 0 aliphatic carbocycles. The van der Waals surface area contributed by atoms with Crippen molar-refractivity contribution in [1.29, 1.82) is 0 Å². The number of rotatable bonds is 7. The summed E-state index contributed by atoms with van der Waals surface area (Å²) in [5.41, 5.74) is 1.09. The summed E-state index contributed by atoms with van der Waals surface area (Å²) >= 11 is 1.43. The maximum Gasteiger partial charge on any atom is 0.252 e. The summed E-state index contributed by atoms with van der Waals surface area (Å²) in [7, 11) is -3.25. The maximum absolute atomic E-state index is 11.8. The van der Waals surface area contributed by atoms with Gasteiger partial charge in [0.2, 0.25) is 5.91 Å². The van der Waals surface area contributed by atoms with Crippen LogP contribution < -0.4 is 10.6 Å². The zero-order valence-electron chi connectivity index (χ0n) is 13.1. The lowest BCUT2D eigenvalue weighted by Gasteiger charge is -2.07. The van der Waals surface area contributed by atoms with E-state index in [9.17, 15) is 18.0 Å². The molecule has 0 saturated heterocycles. The second kappa shape index (κ2) is 8.07. The molecule has 128 valence electrons. The molecule has 2 N–H and O–H groups in total. The van der Waals surface area contributed by atoms with Crippen molar-refractivity contribution in [3.63, 3.8) is 0 Å². The van der Waals surface area contributed by atoms with E-state index in [1.807, 2.05) is 5.38 Å². The lowest BCUT2D eigenvalue weighted by molar-refractivity contribution is -0.116. The van der Waals surface area contributed by atoms with Crippen molar-refractivity contribution in [2.45, 2.75) is 18.2 Å². The molecule has 1 aromatic carbocycles. The van der Waals surface area contributed by atoms with Gasteiger partial charge in [0.15, 0.2) is 9.84 Å². The second-order valence-electron chi connectivity index (χ2n) is 4.99. The second-order valence-corrected chi connectivity index (χ2v) is 8.05. The monoisotopic (exact) mass is 366 g/mol. The fourth-order valence-corrected chi connectivity index (χ4v) is 3.44. The van der Waals surface area contributed by atoms with Crippen LogP contribution in [0.3, 0.4) is 0 Å². The molecular formula is C16H18N2O4S2. The predicted molar refractivity (Wildman–Crippen MR) is 94.1 cm³/mol. The topological polar surface area (TPSA) is 92.3 Å². The van der Waals surface area contributed by atoms with Gasteiger partial charge in [-0.1, -0.05) is 6.92 Å². The average molecular weight is 366 g/mol. The lowest BCUT2D eigenvalue weighted by Crippen LogP contribution is -2.27. The summed E-state index contributed by atoms with van der Waals surface area (Å²) < 4.78 is 23.4. The van der Waals surface area contributed by atoms with Crippen LogP contribution in [-0.4, -0.2) is 32.5 Å². The summed E-state index contributed by atoms with van der Waals surface area (Å²) in [5.74, 6) is -0.437. The van der Waals surface area contributed by atoms with Gasteiger partial charge in [-0.3, -0.25) is 9.59 Å². The number of thiophene rings is 1. The Hall–Kier alpha value is -2.19. The molecule has 2 amide bonds. The van der Waals surface area contributed by atoms with Crippen molar-refractivity contribution >= 4 is 38.7 Å². The molecule has 0 aliphatic heterocycles. The first-order chi connectivity index (χ1) is 11.4. The van der Waals surface area contributed by atoms with Crippen LogP contribution in [0.15, 0.2) is 46.0 Å². The molecule has 1 heterocycles. The van der Waals surface area contributed by atoms with Gasteiger partial charge < -0.3 is 10.6 Å². The molecule has 0 saturated carbocycles. The normalized spacial score (nSPS) is 11.0. The molecule has 0 aliphatic rings. The number of hydrogen-bond donors (Lipinski definition) is 2. The SMILES string of the molecule is CCS(=O)(=O)c1ccc(NC(=O)CCNC(=O)c2ccsc2)cc1. The van der Waals surface area contributed by atoms with Gasteiger partial charge >= 0.3 is 0 Å². The number of anilines is 1. The van der Waals surface area contributed by atoms with Gasteiger partial charge in [-0.25, -0.2) is 8.42 Å². The smallest absolute Gasteiger partial charge is 0.252 e. The minimum atomic E-state index is -3.25. The number of amides is 2. The van der Waals surface area contributed by atoms with Gasteiger partial charge in [0.25, 0.3) is 5.91 Å². The van der Waals surface area contributed by atoms with Crippen LogP contribution in [0, 0.1) is 0 Å². The average Bonchev–Trinajstić information content (AvgIpc) is 3.10. The molecule has 0 radical (unpaired) electrons. The highest BCUT2D eigenvalue weighted by atomic mass is 32.2. The molecule has 0 bridgehead atoms. The Morgan fingerprint density at radius 3 is 2.42 bits per heavy atom. The van der Waals surface area contributed by atoms with Gasteiger partial charge in [0, 0.05) is 29.6 Å².